The van der Waals surface area contributed by atoms with E-state index in [1.54, 1.807) is 20.2 Å². The van der Waals surface area contributed by atoms with E-state index < -0.39 is 5.82 Å². The summed E-state index contributed by atoms with van der Waals surface area (Å²) in [6, 6.07) is 4.45. The number of anilines is 1. The number of carbonyl (C=O) groups is 1. The van der Waals surface area contributed by atoms with Crippen LogP contribution in [0.4, 0.5) is 10.1 Å². The van der Waals surface area contributed by atoms with Crippen molar-refractivity contribution in [2.45, 2.75) is 6.42 Å². The van der Waals surface area contributed by atoms with E-state index >= 15 is 0 Å². The van der Waals surface area contributed by atoms with Crippen LogP contribution < -0.4 is 5.32 Å². The first-order valence-corrected chi connectivity index (χ1v) is 5.28. The second-order valence-corrected chi connectivity index (χ2v) is 3.97. The number of halogens is 2. The summed E-state index contributed by atoms with van der Waals surface area (Å²) >= 11 is 5.81. The van der Waals surface area contributed by atoms with Crippen LogP contribution in [-0.2, 0) is 4.79 Å². The molecule has 1 aromatic carbocycles. The predicted molar refractivity (Wildman–Crippen MR) is 63.2 cm³/mol. The highest BCUT2D eigenvalue weighted by Crippen LogP contribution is 2.24. The van der Waals surface area contributed by atoms with Gasteiger partial charge in [-0.25, -0.2) is 4.39 Å². The summed E-state index contributed by atoms with van der Waals surface area (Å²) in [6.45, 7) is 0.359. The molecular weight excluding hydrogens is 231 g/mol. The Morgan fingerprint density at radius 1 is 1.50 bits per heavy atom. The Hall–Kier alpha value is -1.29. The van der Waals surface area contributed by atoms with Gasteiger partial charge in [-0.2, -0.15) is 0 Å². The molecule has 0 aliphatic carbocycles. The summed E-state index contributed by atoms with van der Waals surface area (Å²) in [5, 5.41) is 3.13. The predicted octanol–water partition coefficient (Wildman–Crippen LogP) is 2.37. The lowest BCUT2D eigenvalue weighted by Crippen LogP contribution is -2.24. The molecule has 1 aromatic rings. The topological polar surface area (TPSA) is 32.3 Å². The van der Waals surface area contributed by atoms with Crippen molar-refractivity contribution in [3.63, 3.8) is 0 Å². The van der Waals surface area contributed by atoms with E-state index in [-0.39, 0.29) is 11.6 Å². The Morgan fingerprint density at radius 2 is 2.19 bits per heavy atom. The third kappa shape index (κ3) is 3.38. The molecule has 1 amide bonds. The second kappa shape index (κ2) is 5.70. The molecule has 0 spiro atoms. The van der Waals surface area contributed by atoms with Crippen molar-refractivity contribution in [3.05, 3.63) is 29.0 Å². The molecular formula is C11H14ClFN2O. The highest BCUT2D eigenvalue weighted by molar-refractivity contribution is 6.33. The van der Waals surface area contributed by atoms with Crippen LogP contribution in [0.15, 0.2) is 18.2 Å². The molecule has 0 atom stereocenters. The van der Waals surface area contributed by atoms with E-state index in [2.05, 4.69) is 5.32 Å². The maximum absolute atomic E-state index is 13.3. The van der Waals surface area contributed by atoms with Crippen molar-refractivity contribution < 1.29 is 9.18 Å². The zero-order valence-corrected chi connectivity index (χ0v) is 10.0. The summed E-state index contributed by atoms with van der Waals surface area (Å²) < 4.78 is 13.3. The number of para-hydroxylation sites is 1. The van der Waals surface area contributed by atoms with Crippen LogP contribution in [0.25, 0.3) is 0 Å². The molecule has 0 fully saturated rings. The minimum Gasteiger partial charge on any atom is -0.381 e. The molecule has 0 radical (unpaired) electrons. The molecule has 0 bridgehead atoms. The lowest BCUT2D eigenvalue weighted by Gasteiger charge is -2.12. The maximum Gasteiger partial charge on any atom is 0.223 e. The monoisotopic (exact) mass is 244 g/mol. The van der Waals surface area contributed by atoms with Crippen LogP contribution in [0.5, 0.6) is 0 Å². The molecule has 88 valence electrons. The van der Waals surface area contributed by atoms with Gasteiger partial charge in [-0.1, -0.05) is 17.7 Å². The van der Waals surface area contributed by atoms with E-state index in [1.165, 1.54) is 17.0 Å². The third-order valence-corrected chi connectivity index (χ3v) is 2.42. The number of hydrogen-bond donors (Lipinski definition) is 1. The van der Waals surface area contributed by atoms with Crippen molar-refractivity contribution in [1.29, 1.82) is 0 Å². The Morgan fingerprint density at radius 3 is 2.75 bits per heavy atom. The molecule has 0 aromatic heterocycles. The summed E-state index contributed by atoms with van der Waals surface area (Å²) in [6.07, 6.45) is 0.303. The molecule has 0 heterocycles. The minimum atomic E-state index is -0.412. The van der Waals surface area contributed by atoms with Crippen LogP contribution in [-0.4, -0.2) is 31.4 Å². The van der Waals surface area contributed by atoms with Gasteiger partial charge in [0.05, 0.1) is 10.7 Å². The highest BCUT2D eigenvalue weighted by Gasteiger charge is 2.07. The van der Waals surface area contributed by atoms with Gasteiger partial charge in [-0.3, -0.25) is 4.79 Å². The fourth-order valence-corrected chi connectivity index (χ4v) is 1.41. The minimum absolute atomic E-state index is 0.0139. The summed E-state index contributed by atoms with van der Waals surface area (Å²) in [5.74, 6) is -0.426. The number of rotatable bonds is 4. The lowest BCUT2D eigenvalue weighted by molar-refractivity contribution is -0.128. The number of nitrogens with zero attached hydrogens (tertiary/aromatic N) is 1. The average Bonchev–Trinajstić information content (AvgIpc) is 2.22. The van der Waals surface area contributed by atoms with Crippen LogP contribution in [0.3, 0.4) is 0 Å². The first-order valence-electron chi connectivity index (χ1n) is 4.90. The fourth-order valence-electron chi connectivity index (χ4n) is 1.18. The Bertz CT molecular complexity index is 362. The van der Waals surface area contributed by atoms with Crippen molar-refractivity contribution in [2.75, 3.05) is 26.0 Å². The SMILES string of the molecule is CN(C)C(=O)CCNc1c(F)cccc1Cl. The molecule has 0 unspecified atom stereocenters. The normalized spacial score (nSPS) is 10.0. The molecule has 0 aliphatic heterocycles. The first-order chi connectivity index (χ1) is 7.52. The van der Waals surface area contributed by atoms with E-state index in [4.69, 9.17) is 11.6 Å². The average molecular weight is 245 g/mol. The van der Waals surface area contributed by atoms with Gasteiger partial charge in [0.15, 0.2) is 0 Å². The highest BCUT2D eigenvalue weighted by atomic mass is 35.5. The third-order valence-electron chi connectivity index (χ3n) is 2.10. The Kier molecular flexibility index (Phi) is 4.55. The smallest absolute Gasteiger partial charge is 0.223 e. The van der Waals surface area contributed by atoms with Crippen molar-refractivity contribution >= 4 is 23.2 Å². The van der Waals surface area contributed by atoms with Gasteiger partial charge in [-0.15, -0.1) is 0 Å². The van der Waals surface area contributed by atoms with Gasteiger partial charge in [0.1, 0.15) is 5.82 Å². The van der Waals surface area contributed by atoms with Gasteiger partial charge in [0.25, 0.3) is 0 Å². The molecule has 0 saturated heterocycles. The maximum atomic E-state index is 13.3. The van der Waals surface area contributed by atoms with Crippen molar-refractivity contribution in [3.8, 4) is 0 Å². The van der Waals surface area contributed by atoms with Gasteiger partial charge >= 0.3 is 0 Å². The summed E-state index contributed by atoms with van der Waals surface area (Å²) in [4.78, 5) is 12.8. The van der Waals surface area contributed by atoms with Crippen molar-refractivity contribution in [2.24, 2.45) is 0 Å². The van der Waals surface area contributed by atoms with Crippen LogP contribution in [0.2, 0.25) is 5.02 Å². The fraction of sp³-hybridized carbons (Fsp3) is 0.364. The summed E-state index contributed by atoms with van der Waals surface area (Å²) in [7, 11) is 3.36. The van der Waals surface area contributed by atoms with Crippen molar-refractivity contribution in [1.82, 2.24) is 4.90 Å². The van der Waals surface area contributed by atoms with E-state index in [0.717, 1.165) is 0 Å². The van der Waals surface area contributed by atoms with Crippen LogP contribution in [0, 0.1) is 5.82 Å². The quantitative estimate of drug-likeness (QED) is 0.882. The zero-order valence-electron chi connectivity index (χ0n) is 9.26. The van der Waals surface area contributed by atoms with E-state index in [9.17, 15) is 9.18 Å². The number of carbonyl (C=O) groups excluding carboxylic acids is 1. The second-order valence-electron chi connectivity index (χ2n) is 3.56. The molecule has 16 heavy (non-hydrogen) atoms. The zero-order chi connectivity index (χ0) is 12.1. The Balaban J connectivity index is 2.52. The molecule has 0 saturated carbocycles. The number of benzene rings is 1. The van der Waals surface area contributed by atoms with Crippen LogP contribution in [0.1, 0.15) is 6.42 Å². The summed E-state index contributed by atoms with van der Waals surface area (Å²) in [5.41, 5.74) is 0.246. The van der Waals surface area contributed by atoms with E-state index in [0.29, 0.717) is 18.0 Å². The first kappa shape index (κ1) is 12.8. The van der Waals surface area contributed by atoms with Gasteiger partial charge < -0.3 is 10.2 Å². The molecule has 1 rings (SSSR count). The van der Waals surface area contributed by atoms with Gasteiger partial charge in [0, 0.05) is 27.1 Å². The number of nitrogens with one attached hydrogen (secondary N) is 1. The molecule has 0 aliphatic rings. The number of amides is 1. The van der Waals surface area contributed by atoms with Gasteiger partial charge in [0.2, 0.25) is 5.91 Å². The Labute approximate surface area is 99.2 Å². The standard InChI is InChI=1S/C11H14ClFN2O/c1-15(2)10(16)6-7-14-11-8(12)4-3-5-9(11)13/h3-5,14H,6-7H2,1-2H3. The number of hydrogen-bond acceptors (Lipinski definition) is 2. The van der Waals surface area contributed by atoms with Crippen LogP contribution >= 0.6 is 11.6 Å². The molecule has 1 N–H and O–H groups in total. The lowest BCUT2D eigenvalue weighted by atomic mass is 10.3. The van der Waals surface area contributed by atoms with Gasteiger partial charge in [-0.05, 0) is 12.1 Å². The molecule has 3 nitrogen and oxygen atoms in total. The molecule has 5 heteroatoms. The van der Waals surface area contributed by atoms with E-state index in [1.807, 2.05) is 0 Å². The largest absolute Gasteiger partial charge is 0.381 e.